The van der Waals surface area contributed by atoms with Gasteiger partial charge < -0.3 is 5.32 Å². The minimum Gasteiger partial charge on any atom is -0.311 e. The molecule has 3 aromatic heterocycles. The summed E-state index contributed by atoms with van der Waals surface area (Å²) < 4.78 is 0. The zero-order valence-corrected chi connectivity index (χ0v) is 18.7. The van der Waals surface area contributed by atoms with E-state index < -0.39 is 6.04 Å². The number of anilines is 1. The van der Waals surface area contributed by atoms with Crippen molar-refractivity contribution in [1.82, 2.24) is 25.1 Å². The van der Waals surface area contributed by atoms with Crippen LogP contribution in [-0.4, -0.2) is 33.1 Å². The molecular weight excluding hydrogens is 448 g/mol. The molecule has 1 aromatic carbocycles. The average molecular weight is 466 g/mol. The Morgan fingerprint density at radius 1 is 1.22 bits per heavy atom. The Kier molecular flexibility index (Phi) is 6.46. The molecule has 4 rings (SSSR count). The Morgan fingerprint density at radius 2 is 2.03 bits per heavy atom. The smallest absolute Gasteiger partial charge is 0.222 e. The van der Waals surface area contributed by atoms with E-state index in [1.54, 1.807) is 13.2 Å². The van der Waals surface area contributed by atoms with Crippen molar-refractivity contribution in [3.8, 4) is 21.1 Å². The van der Waals surface area contributed by atoms with Gasteiger partial charge in [-0.1, -0.05) is 23.7 Å². The molecule has 160 valence electrons. The summed E-state index contributed by atoms with van der Waals surface area (Å²) in [7, 11) is 1.57. The van der Waals surface area contributed by atoms with Gasteiger partial charge in [0.15, 0.2) is 11.9 Å². The molecule has 0 radical (unpaired) electrons. The fourth-order valence-corrected chi connectivity index (χ4v) is 4.40. The number of carbonyl (C=O) groups excluding carboxylic acids is 1. The van der Waals surface area contributed by atoms with Gasteiger partial charge in [0.05, 0.1) is 4.88 Å². The van der Waals surface area contributed by atoms with Gasteiger partial charge in [-0.3, -0.25) is 9.89 Å². The predicted molar refractivity (Wildman–Crippen MR) is 123 cm³/mol. The van der Waals surface area contributed by atoms with Crippen LogP contribution in [0.3, 0.4) is 0 Å². The normalized spacial score (nSPS) is 11.5. The van der Waals surface area contributed by atoms with E-state index in [2.05, 4.69) is 40.6 Å². The molecule has 0 aliphatic carbocycles. The number of amides is 1. The molecule has 0 bridgehead atoms. The van der Waals surface area contributed by atoms with Crippen LogP contribution >= 0.6 is 22.9 Å². The lowest BCUT2D eigenvalue weighted by atomic mass is 9.99. The molecule has 0 fully saturated rings. The van der Waals surface area contributed by atoms with Gasteiger partial charge >= 0.3 is 0 Å². The number of aromatic amines is 1. The fourth-order valence-electron chi connectivity index (χ4n) is 3.14. The maximum atomic E-state index is 11.4. The van der Waals surface area contributed by atoms with Crippen molar-refractivity contribution in [1.29, 1.82) is 0 Å². The Labute approximate surface area is 192 Å². The monoisotopic (exact) mass is 465 g/mol. The van der Waals surface area contributed by atoms with E-state index in [0.29, 0.717) is 16.7 Å². The zero-order chi connectivity index (χ0) is 22.5. The first-order valence-corrected chi connectivity index (χ1v) is 10.7. The van der Waals surface area contributed by atoms with Crippen molar-refractivity contribution in [2.24, 2.45) is 10.2 Å². The summed E-state index contributed by atoms with van der Waals surface area (Å²) >= 11 is 7.61. The van der Waals surface area contributed by atoms with Crippen molar-refractivity contribution in [2.75, 3.05) is 12.4 Å². The van der Waals surface area contributed by atoms with Crippen molar-refractivity contribution in [3.63, 3.8) is 0 Å². The highest BCUT2D eigenvalue weighted by atomic mass is 35.5. The summed E-state index contributed by atoms with van der Waals surface area (Å²) in [6, 6.07) is 12.7. The first-order chi connectivity index (χ1) is 15.5. The number of rotatable bonds is 6. The van der Waals surface area contributed by atoms with Crippen LogP contribution in [0.2, 0.25) is 5.02 Å². The molecule has 1 atom stereocenters. The van der Waals surface area contributed by atoms with Crippen LogP contribution in [0.4, 0.5) is 5.82 Å². The van der Waals surface area contributed by atoms with Gasteiger partial charge in [0.25, 0.3) is 0 Å². The SMILES string of the molecule is CN=[N+]=NC(c1ccc(Cl)cc1)c1cc(-c2ccnc(NC(C)=O)c2)sc1-c1ncn[nH]1. The third-order valence-electron chi connectivity index (χ3n) is 4.48. The third kappa shape index (κ3) is 4.78. The number of hydrogen-bond donors (Lipinski definition) is 2. The summed E-state index contributed by atoms with van der Waals surface area (Å²) in [6.07, 6.45) is 3.11. The number of hydrogen-bond acceptors (Lipinski definition) is 7. The van der Waals surface area contributed by atoms with Gasteiger partial charge in [-0.2, -0.15) is 5.10 Å². The number of benzene rings is 1. The van der Waals surface area contributed by atoms with Crippen molar-refractivity contribution < 1.29 is 4.79 Å². The quantitative estimate of drug-likeness (QED) is 0.310. The van der Waals surface area contributed by atoms with Crippen LogP contribution in [0, 0.1) is 0 Å². The standard InChI is InChI=1S/C21H17ClN8OS/c1-12(31)27-18-9-14(7-8-24-18)17-10-16(20(32-17)21-25-11-26-29-21)19(28-30-23-2)13-3-5-15(22)6-4-13/h3-11,19H,1-2H3,(H-,24,25,26,27,29,31)/p+1. The summed E-state index contributed by atoms with van der Waals surface area (Å²) in [5.74, 6) is 0.912. The van der Waals surface area contributed by atoms with Gasteiger partial charge in [0.1, 0.15) is 29.4 Å². The average Bonchev–Trinajstić information content (AvgIpc) is 3.45. The lowest BCUT2D eigenvalue weighted by molar-refractivity contribution is -0.114. The second-order valence-electron chi connectivity index (χ2n) is 6.70. The molecule has 32 heavy (non-hydrogen) atoms. The molecule has 11 heteroatoms. The summed E-state index contributed by atoms with van der Waals surface area (Å²) in [5.41, 5.74) is 2.68. The molecule has 0 saturated heterocycles. The second kappa shape index (κ2) is 9.61. The van der Waals surface area contributed by atoms with Crippen LogP contribution in [0.25, 0.3) is 21.1 Å². The minimum absolute atomic E-state index is 0.185. The maximum Gasteiger partial charge on any atom is 0.222 e. The van der Waals surface area contributed by atoms with Gasteiger partial charge in [-0.15, -0.1) is 11.3 Å². The van der Waals surface area contributed by atoms with E-state index in [-0.39, 0.29) is 5.91 Å². The molecule has 1 unspecified atom stereocenters. The van der Waals surface area contributed by atoms with Crippen LogP contribution < -0.4 is 10.2 Å². The topological polar surface area (TPSA) is 122 Å². The highest BCUT2D eigenvalue weighted by Crippen LogP contribution is 2.42. The number of nitrogens with one attached hydrogen (secondary N) is 2. The Bertz CT molecular complexity index is 1290. The van der Waals surface area contributed by atoms with Gasteiger partial charge in [-0.25, -0.2) is 9.97 Å². The van der Waals surface area contributed by atoms with Crippen LogP contribution in [0.15, 0.2) is 65.2 Å². The summed E-state index contributed by atoms with van der Waals surface area (Å²) in [5, 5.41) is 18.5. The maximum absolute atomic E-state index is 11.4. The lowest BCUT2D eigenvalue weighted by Crippen LogP contribution is -2.07. The van der Waals surface area contributed by atoms with E-state index in [1.165, 1.54) is 24.6 Å². The lowest BCUT2D eigenvalue weighted by Gasteiger charge is -2.07. The van der Waals surface area contributed by atoms with Crippen molar-refractivity contribution in [2.45, 2.75) is 13.0 Å². The molecule has 9 nitrogen and oxygen atoms in total. The molecule has 0 spiro atoms. The van der Waals surface area contributed by atoms with Crippen molar-refractivity contribution in [3.05, 3.63) is 71.1 Å². The predicted octanol–water partition coefficient (Wildman–Crippen LogP) is 4.90. The Balaban J connectivity index is 1.87. The van der Waals surface area contributed by atoms with E-state index in [4.69, 9.17) is 11.6 Å². The zero-order valence-electron chi connectivity index (χ0n) is 17.2. The highest BCUT2D eigenvalue weighted by Gasteiger charge is 2.27. The van der Waals surface area contributed by atoms with E-state index in [0.717, 1.165) is 26.4 Å². The Morgan fingerprint density at radius 3 is 2.72 bits per heavy atom. The number of carbonyl (C=O) groups is 1. The Hall–Kier alpha value is -3.72. The number of aromatic nitrogens is 4. The molecule has 4 aromatic rings. The fraction of sp³-hybridized carbons (Fsp3) is 0.143. The first kappa shape index (κ1) is 21.5. The number of pyridine rings is 1. The number of nitrogens with zero attached hydrogens (tertiary/aromatic N) is 6. The number of H-pyrrole nitrogens is 1. The van der Waals surface area contributed by atoms with E-state index in [9.17, 15) is 4.79 Å². The molecular formula is C21H18ClN8OS+. The van der Waals surface area contributed by atoms with Gasteiger partial charge in [0, 0.05) is 28.6 Å². The summed E-state index contributed by atoms with van der Waals surface area (Å²) in [4.78, 5) is 25.7. The molecule has 1 amide bonds. The third-order valence-corrected chi connectivity index (χ3v) is 5.93. The highest BCUT2D eigenvalue weighted by molar-refractivity contribution is 7.19. The second-order valence-corrected chi connectivity index (χ2v) is 8.19. The van der Waals surface area contributed by atoms with Gasteiger partial charge in [-0.05, 0) is 41.5 Å². The largest absolute Gasteiger partial charge is 0.311 e. The van der Waals surface area contributed by atoms with E-state index in [1.807, 2.05) is 42.5 Å². The number of thiophene rings is 1. The first-order valence-electron chi connectivity index (χ1n) is 9.53. The van der Waals surface area contributed by atoms with Crippen molar-refractivity contribution >= 4 is 34.7 Å². The molecule has 0 aliphatic rings. The summed E-state index contributed by atoms with van der Waals surface area (Å²) in [6.45, 7) is 1.44. The molecule has 2 N–H and O–H groups in total. The molecule has 0 aliphatic heterocycles. The van der Waals surface area contributed by atoms with Crippen LogP contribution in [0.5, 0.6) is 0 Å². The molecule has 3 heterocycles. The van der Waals surface area contributed by atoms with E-state index >= 15 is 0 Å². The van der Waals surface area contributed by atoms with Crippen LogP contribution in [-0.2, 0) is 4.79 Å². The van der Waals surface area contributed by atoms with Crippen LogP contribution in [0.1, 0.15) is 24.1 Å². The number of halogens is 1. The minimum atomic E-state index is -0.433. The molecule has 0 saturated carbocycles. The van der Waals surface area contributed by atoms with Gasteiger partial charge in [0.2, 0.25) is 10.8 Å².